The second kappa shape index (κ2) is 7.73. The van der Waals surface area contributed by atoms with Crippen molar-refractivity contribution in [2.45, 2.75) is 32.4 Å². The summed E-state index contributed by atoms with van der Waals surface area (Å²) in [7, 11) is -3.63. The van der Waals surface area contributed by atoms with E-state index in [0.29, 0.717) is 24.3 Å². The molecule has 150 valence electrons. The van der Waals surface area contributed by atoms with E-state index in [4.69, 9.17) is 0 Å². The zero-order chi connectivity index (χ0) is 19.7. The summed E-state index contributed by atoms with van der Waals surface area (Å²) < 4.78 is 29.7. The largest absolute Gasteiger partial charge is 0.330 e. The normalized spacial score (nSPS) is 24.4. The first-order chi connectivity index (χ1) is 13.5. The Balaban J connectivity index is 1.53. The second-order valence-corrected chi connectivity index (χ2v) is 9.45. The summed E-state index contributed by atoms with van der Waals surface area (Å²) in [6.07, 6.45) is 0.801. The Hall–Kier alpha value is -2.09. The van der Waals surface area contributed by atoms with Crippen molar-refractivity contribution >= 4 is 27.3 Å². The molecule has 2 aromatic rings. The minimum absolute atomic E-state index is 0.466. The standard InChI is InChI=1S/C21H28N4O2S/c1-17-15-23(16-18(2)22-17)13-8-14-24-20-11-6-7-12-21(20)25(28(24,26)27)19-9-4-3-5-10-19/h3-7,9-12,17-18,22H,8,13-16H2,1-2H3/t17-,18+. The molecule has 2 aliphatic heterocycles. The molecule has 0 radical (unpaired) electrons. The number of benzene rings is 2. The van der Waals surface area contributed by atoms with Crippen LogP contribution in [0.5, 0.6) is 0 Å². The molecule has 0 amide bonds. The maximum atomic E-state index is 13.4. The van der Waals surface area contributed by atoms with Gasteiger partial charge in [0.25, 0.3) is 0 Å². The van der Waals surface area contributed by atoms with Crippen LogP contribution in [0, 0.1) is 0 Å². The lowest BCUT2D eigenvalue weighted by atomic mass is 10.1. The van der Waals surface area contributed by atoms with Gasteiger partial charge in [-0.1, -0.05) is 30.3 Å². The predicted octanol–water partition coefficient (Wildman–Crippen LogP) is 2.96. The molecule has 0 bridgehead atoms. The smallest absolute Gasteiger partial charge is 0.309 e. The molecule has 0 aliphatic carbocycles. The molecule has 0 saturated carbocycles. The van der Waals surface area contributed by atoms with Gasteiger partial charge in [0.2, 0.25) is 0 Å². The fourth-order valence-electron chi connectivity index (χ4n) is 4.33. The van der Waals surface area contributed by atoms with Crippen LogP contribution in [0.15, 0.2) is 54.6 Å². The monoisotopic (exact) mass is 400 g/mol. The predicted molar refractivity (Wildman–Crippen MR) is 114 cm³/mol. The number of hydrogen-bond donors (Lipinski definition) is 1. The van der Waals surface area contributed by atoms with Crippen LogP contribution >= 0.6 is 0 Å². The third kappa shape index (κ3) is 3.62. The van der Waals surface area contributed by atoms with Crippen molar-refractivity contribution in [2.24, 2.45) is 0 Å². The number of fused-ring (bicyclic) bond motifs is 1. The highest BCUT2D eigenvalue weighted by Gasteiger charge is 2.40. The van der Waals surface area contributed by atoms with Crippen LogP contribution in [0.25, 0.3) is 0 Å². The number of piperazine rings is 1. The highest BCUT2D eigenvalue weighted by Crippen LogP contribution is 2.44. The number of nitrogens with one attached hydrogen (secondary N) is 1. The Kier molecular flexibility index (Phi) is 5.31. The number of para-hydroxylation sites is 3. The van der Waals surface area contributed by atoms with E-state index in [1.165, 1.54) is 4.31 Å². The fourth-order valence-corrected chi connectivity index (χ4v) is 6.08. The van der Waals surface area contributed by atoms with Crippen LogP contribution in [0.2, 0.25) is 0 Å². The van der Waals surface area contributed by atoms with E-state index in [9.17, 15) is 8.42 Å². The van der Waals surface area contributed by atoms with Gasteiger partial charge in [0.05, 0.1) is 17.1 Å². The first kappa shape index (κ1) is 19.2. The van der Waals surface area contributed by atoms with Crippen molar-refractivity contribution in [1.29, 1.82) is 0 Å². The second-order valence-electron chi connectivity index (χ2n) is 7.75. The Morgan fingerprint density at radius 1 is 0.893 bits per heavy atom. The Morgan fingerprint density at radius 3 is 2.18 bits per heavy atom. The van der Waals surface area contributed by atoms with Crippen molar-refractivity contribution in [3.05, 3.63) is 54.6 Å². The number of nitrogens with zero attached hydrogens (tertiary/aromatic N) is 3. The SMILES string of the molecule is C[C@@H]1CN(CCCN2c3ccccc3N(c3ccccc3)S2(=O)=O)C[C@H](C)N1. The van der Waals surface area contributed by atoms with E-state index in [2.05, 4.69) is 24.1 Å². The molecular formula is C21H28N4O2S. The number of rotatable bonds is 5. The molecule has 2 aliphatic rings. The maximum Gasteiger partial charge on any atom is 0.330 e. The molecule has 0 unspecified atom stereocenters. The topological polar surface area (TPSA) is 55.9 Å². The van der Waals surface area contributed by atoms with E-state index in [-0.39, 0.29) is 0 Å². The lowest BCUT2D eigenvalue weighted by Crippen LogP contribution is -2.54. The van der Waals surface area contributed by atoms with Crippen molar-refractivity contribution in [1.82, 2.24) is 10.2 Å². The van der Waals surface area contributed by atoms with Gasteiger partial charge in [-0.15, -0.1) is 0 Å². The highest BCUT2D eigenvalue weighted by molar-refractivity contribution is 7.95. The minimum atomic E-state index is -3.63. The summed E-state index contributed by atoms with van der Waals surface area (Å²) in [6.45, 7) is 7.78. The van der Waals surface area contributed by atoms with E-state index in [0.717, 1.165) is 37.4 Å². The minimum Gasteiger partial charge on any atom is -0.309 e. The highest BCUT2D eigenvalue weighted by atomic mass is 32.2. The van der Waals surface area contributed by atoms with E-state index >= 15 is 0 Å². The molecule has 7 heteroatoms. The molecule has 28 heavy (non-hydrogen) atoms. The summed E-state index contributed by atoms with van der Waals surface area (Å²) >= 11 is 0. The summed E-state index contributed by atoms with van der Waals surface area (Å²) in [5.74, 6) is 0. The van der Waals surface area contributed by atoms with Gasteiger partial charge >= 0.3 is 10.2 Å². The van der Waals surface area contributed by atoms with Crippen LogP contribution in [0.3, 0.4) is 0 Å². The first-order valence-electron chi connectivity index (χ1n) is 9.92. The van der Waals surface area contributed by atoms with Crippen LogP contribution < -0.4 is 13.9 Å². The summed E-state index contributed by atoms with van der Waals surface area (Å²) in [4.78, 5) is 2.43. The number of hydrogen-bond acceptors (Lipinski definition) is 4. The van der Waals surface area contributed by atoms with Crippen molar-refractivity contribution in [2.75, 3.05) is 34.8 Å². The molecule has 2 heterocycles. The summed E-state index contributed by atoms with van der Waals surface area (Å²) in [5.41, 5.74) is 2.15. The maximum absolute atomic E-state index is 13.4. The molecule has 1 N–H and O–H groups in total. The van der Waals surface area contributed by atoms with E-state index in [1.807, 2.05) is 54.6 Å². The molecular weight excluding hydrogens is 372 g/mol. The molecule has 1 saturated heterocycles. The van der Waals surface area contributed by atoms with E-state index < -0.39 is 10.2 Å². The molecule has 6 nitrogen and oxygen atoms in total. The molecule has 1 fully saturated rings. The molecule has 4 rings (SSSR count). The van der Waals surface area contributed by atoms with Crippen molar-refractivity contribution in [3.63, 3.8) is 0 Å². The zero-order valence-corrected chi connectivity index (χ0v) is 17.3. The van der Waals surface area contributed by atoms with Gasteiger partial charge in [0.1, 0.15) is 0 Å². The van der Waals surface area contributed by atoms with Crippen molar-refractivity contribution in [3.8, 4) is 0 Å². The molecule has 0 aromatic heterocycles. The van der Waals surface area contributed by atoms with Gasteiger partial charge in [0, 0.05) is 31.7 Å². The van der Waals surface area contributed by atoms with Gasteiger partial charge in [-0.05, 0) is 51.1 Å². The first-order valence-corrected chi connectivity index (χ1v) is 11.3. The van der Waals surface area contributed by atoms with Gasteiger partial charge < -0.3 is 10.2 Å². The van der Waals surface area contributed by atoms with Gasteiger partial charge in [0.15, 0.2) is 0 Å². The van der Waals surface area contributed by atoms with E-state index in [1.54, 1.807) is 4.31 Å². The third-order valence-corrected chi connectivity index (χ3v) is 7.14. The average Bonchev–Trinajstić information content (AvgIpc) is 2.88. The van der Waals surface area contributed by atoms with Gasteiger partial charge in [-0.25, -0.2) is 4.31 Å². The van der Waals surface area contributed by atoms with Crippen molar-refractivity contribution < 1.29 is 8.42 Å². The van der Waals surface area contributed by atoms with Crippen LogP contribution in [-0.4, -0.2) is 51.6 Å². The lowest BCUT2D eigenvalue weighted by molar-refractivity contribution is 0.173. The third-order valence-electron chi connectivity index (χ3n) is 5.34. The molecule has 2 aromatic carbocycles. The Bertz CT molecular complexity index is 909. The summed E-state index contributed by atoms with van der Waals surface area (Å²) in [5, 5.41) is 3.54. The molecule has 2 atom stereocenters. The lowest BCUT2D eigenvalue weighted by Gasteiger charge is -2.36. The van der Waals surface area contributed by atoms with Crippen LogP contribution in [-0.2, 0) is 10.2 Å². The zero-order valence-electron chi connectivity index (χ0n) is 16.5. The fraction of sp³-hybridized carbons (Fsp3) is 0.429. The van der Waals surface area contributed by atoms with Crippen LogP contribution in [0.1, 0.15) is 20.3 Å². The number of anilines is 3. The van der Waals surface area contributed by atoms with Gasteiger partial charge in [-0.2, -0.15) is 8.42 Å². The quantitative estimate of drug-likeness (QED) is 0.838. The van der Waals surface area contributed by atoms with Gasteiger partial charge in [-0.3, -0.25) is 4.31 Å². The Morgan fingerprint density at radius 2 is 1.50 bits per heavy atom. The molecule has 0 spiro atoms. The van der Waals surface area contributed by atoms with Crippen LogP contribution in [0.4, 0.5) is 17.1 Å². The average molecular weight is 401 g/mol. The summed E-state index contributed by atoms with van der Waals surface area (Å²) in [6, 6.07) is 17.8. The Labute approximate surface area is 167 Å².